The van der Waals surface area contributed by atoms with Crippen molar-refractivity contribution in [3.05, 3.63) is 35.4 Å². The van der Waals surface area contributed by atoms with Gasteiger partial charge in [0.1, 0.15) is 0 Å². The van der Waals surface area contributed by atoms with Crippen LogP contribution in [-0.4, -0.2) is 62.3 Å². The van der Waals surface area contributed by atoms with Gasteiger partial charge in [0.05, 0.1) is 25.4 Å². The van der Waals surface area contributed by atoms with Crippen molar-refractivity contribution in [1.29, 1.82) is 0 Å². The molecule has 0 aromatic rings. The van der Waals surface area contributed by atoms with Gasteiger partial charge in [-0.1, -0.05) is 48.9 Å². The molecule has 0 radical (unpaired) electrons. The van der Waals surface area contributed by atoms with E-state index in [0.29, 0.717) is 12.8 Å². The number of aliphatic hydroxyl groups is 1. The SMILES string of the molecule is COC(=O)CCC/C=C\C[C@@H]1[C@@H](/C=C/[C@@H](OC2CCCCO2)C(C)C/C=C(/C)Cl)[C@H](OC2CCCCO2)C[C@@H]1O. The fraction of sp³-hybridized carbons (Fsp3) is 0.781. The molecule has 1 aliphatic carbocycles. The van der Waals surface area contributed by atoms with E-state index < -0.39 is 6.10 Å². The van der Waals surface area contributed by atoms with Crippen LogP contribution in [0.25, 0.3) is 0 Å². The average molecular weight is 583 g/mol. The quantitative estimate of drug-likeness (QED) is 0.129. The summed E-state index contributed by atoms with van der Waals surface area (Å²) in [5, 5.41) is 11.9. The van der Waals surface area contributed by atoms with Crippen molar-refractivity contribution >= 4 is 17.6 Å². The maximum Gasteiger partial charge on any atom is 0.305 e. The highest BCUT2D eigenvalue weighted by Gasteiger charge is 2.42. The Kier molecular flexibility index (Phi) is 15.3. The minimum absolute atomic E-state index is 0.0218. The van der Waals surface area contributed by atoms with E-state index in [4.69, 9.17) is 35.3 Å². The van der Waals surface area contributed by atoms with Crippen LogP contribution in [0.4, 0.5) is 0 Å². The maximum absolute atomic E-state index is 11.4. The Balaban J connectivity index is 1.72. The second kappa shape index (κ2) is 18.3. The Morgan fingerprint density at radius 1 is 1.10 bits per heavy atom. The van der Waals surface area contributed by atoms with Crippen molar-refractivity contribution in [1.82, 2.24) is 0 Å². The Morgan fingerprint density at radius 2 is 1.82 bits per heavy atom. The van der Waals surface area contributed by atoms with Crippen LogP contribution >= 0.6 is 11.6 Å². The van der Waals surface area contributed by atoms with Crippen molar-refractivity contribution in [2.24, 2.45) is 17.8 Å². The van der Waals surface area contributed by atoms with E-state index >= 15 is 0 Å². The molecule has 0 bridgehead atoms. The van der Waals surface area contributed by atoms with E-state index in [1.54, 1.807) is 0 Å². The monoisotopic (exact) mass is 582 g/mol. The number of methoxy groups -OCH3 is 1. The zero-order valence-corrected chi connectivity index (χ0v) is 25.4. The molecule has 3 aliphatic rings. The van der Waals surface area contributed by atoms with Gasteiger partial charge < -0.3 is 28.8 Å². The molecule has 0 aromatic carbocycles. The van der Waals surface area contributed by atoms with Gasteiger partial charge in [0.2, 0.25) is 0 Å². The predicted octanol–water partition coefficient (Wildman–Crippen LogP) is 6.82. The molecule has 7 nitrogen and oxygen atoms in total. The van der Waals surface area contributed by atoms with Crippen LogP contribution in [0.5, 0.6) is 0 Å². The lowest BCUT2D eigenvalue weighted by atomic mass is 9.88. The number of esters is 1. The number of aliphatic hydroxyl groups excluding tert-OH is 1. The molecule has 3 rings (SSSR count). The smallest absolute Gasteiger partial charge is 0.305 e. The number of hydrogen-bond donors (Lipinski definition) is 1. The van der Waals surface area contributed by atoms with Crippen molar-refractivity contribution < 1.29 is 33.6 Å². The summed E-state index contributed by atoms with van der Waals surface area (Å²) in [5.74, 6) is 0.0664. The maximum atomic E-state index is 11.4. The van der Waals surface area contributed by atoms with Gasteiger partial charge in [-0.15, -0.1) is 0 Å². The molecule has 1 saturated carbocycles. The normalized spacial score (nSPS) is 31.6. The summed E-state index contributed by atoms with van der Waals surface area (Å²) in [7, 11) is 1.42. The molecule has 8 heteroatoms. The molecule has 3 unspecified atom stereocenters. The fourth-order valence-electron chi connectivity index (χ4n) is 5.76. The van der Waals surface area contributed by atoms with Crippen molar-refractivity contribution in [2.45, 2.75) is 122 Å². The van der Waals surface area contributed by atoms with Crippen LogP contribution < -0.4 is 0 Å². The van der Waals surface area contributed by atoms with Crippen LogP contribution in [0.2, 0.25) is 0 Å². The van der Waals surface area contributed by atoms with E-state index in [1.165, 1.54) is 7.11 Å². The highest BCUT2D eigenvalue weighted by molar-refractivity contribution is 6.29. The third kappa shape index (κ3) is 11.6. The average Bonchev–Trinajstić information content (AvgIpc) is 3.25. The Morgan fingerprint density at radius 3 is 2.48 bits per heavy atom. The number of rotatable bonds is 15. The van der Waals surface area contributed by atoms with Gasteiger partial charge in [0.15, 0.2) is 12.6 Å². The fourth-order valence-corrected chi connectivity index (χ4v) is 5.85. The van der Waals surface area contributed by atoms with E-state index in [-0.39, 0.29) is 48.5 Å². The van der Waals surface area contributed by atoms with Crippen LogP contribution in [0, 0.1) is 17.8 Å². The van der Waals surface area contributed by atoms with Crippen LogP contribution in [0.3, 0.4) is 0 Å². The highest BCUT2D eigenvalue weighted by atomic mass is 35.5. The molecule has 2 heterocycles. The van der Waals surface area contributed by atoms with Gasteiger partial charge >= 0.3 is 5.97 Å². The van der Waals surface area contributed by atoms with Gasteiger partial charge in [-0.2, -0.15) is 0 Å². The third-order valence-electron chi connectivity index (χ3n) is 8.21. The Labute approximate surface area is 246 Å². The lowest BCUT2D eigenvalue weighted by molar-refractivity contribution is -0.193. The number of halogens is 1. The summed E-state index contributed by atoms with van der Waals surface area (Å²) in [6.07, 6.45) is 19.7. The number of carbonyl (C=O) groups excluding carboxylic acids is 1. The highest BCUT2D eigenvalue weighted by Crippen LogP contribution is 2.40. The first kappa shape index (κ1) is 33.3. The Bertz CT molecular complexity index is 812. The van der Waals surface area contributed by atoms with Crippen LogP contribution in [0.1, 0.15) is 90.9 Å². The molecule has 2 aliphatic heterocycles. The first-order chi connectivity index (χ1) is 19.4. The minimum Gasteiger partial charge on any atom is -0.469 e. The number of unbranched alkanes of at least 4 members (excludes halogenated alkanes) is 1. The molecular weight excluding hydrogens is 532 g/mol. The molecule has 228 valence electrons. The van der Waals surface area contributed by atoms with E-state index in [9.17, 15) is 9.90 Å². The van der Waals surface area contributed by atoms with E-state index in [0.717, 1.165) is 82.5 Å². The molecule has 0 spiro atoms. The third-order valence-corrected chi connectivity index (χ3v) is 8.37. The molecule has 2 saturated heterocycles. The summed E-state index contributed by atoms with van der Waals surface area (Å²) in [6.45, 7) is 5.53. The lowest BCUT2D eigenvalue weighted by Crippen LogP contribution is -2.32. The molecule has 3 fully saturated rings. The predicted molar refractivity (Wildman–Crippen MR) is 157 cm³/mol. The zero-order chi connectivity index (χ0) is 28.7. The Hall–Kier alpha value is -1.22. The largest absolute Gasteiger partial charge is 0.469 e. The van der Waals surface area contributed by atoms with Crippen molar-refractivity contribution in [2.75, 3.05) is 20.3 Å². The zero-order valence-electron chi connectivity index (χ0n) is 24.7. The van der Waals surface area contributed by atoms with Gasteiger partial charge in [-0.25, -0.2) is 0 Å². The van der Waals surface area contributed by atoms with Gasteiger partial charge in [0, 0.05) is 37.0 Å². The second-order valence-corrected chi connectivity index (χ2v) is 12.1. The molecular formula is C32H51ClO7. The lowest BCUT2D eigenvalue weighted by Gasteiger charge is -2.31. The van der Waals surface area contributed by atoms with E-state index in [1.807, 2.05) is 13.0 Å². The molecule has 1 N–H and O–H groups in total. The van der Waals surface area contributed by atoms with Crippen LogP contribution in [0.15, 0.2) is 35.4 Å². The van der Waals surface area contributed by atoms with Gasteiger partial charge in [-0.3, -0.25) is 4.79 Å². The second-order valence-electron chi connectivity index (χ2n) is 11.5. The van der Waals surface area contributed by atoms with Gasteiger partial charge in [0.25, 0.3) is 0 Å². The first-order valence-electron chi connectivity index (χ1n) is 15.3. The number of carbonyl (C=O) groups is 1. The minimum atomic E-state index is -0.469. The van der Waals surface area contributed by atoms with Crippen molar-refractivity contribution in [3.63, 3.8) is 0 Å². The summed E-state index contributed by atoms with van der Waals surface area (Å²) < 4.78 is 29.5. The van der Waals surface area contributed by atoms with Crippen LogP contribution in [-0.2, 0) is 28.5 Å². The van der Waals surface area contributed by atoms with E-state index in [2.05, 4.69) is 31.2 Å². The number of allylic oxidation sites excluding steroid dienone is 4. The van der Waals surface area contributed by atoms with Crippen molar-refractivity contribution in [3.8, 4) is 0 Å². The first-order valence-corrected chi connectivity index (χ1v) is 15.7. The molecule has 0 aromatic heterocycles. The summed E-state index contributed by atoms with van der Waals surface area (Å²) in [5.41, 5.74) is 0. The molecule has 0 amide bonds. The topological polar surface area (TPSA) is 83.5 Å². The van der Waals surface area contributed by atoms with Gasteiger partial charge in [-0.05, 0) is 83.0 Å². The summed E-state index contributed by atoms with van der Waals surface area (Å²) >= 11 is 6.14. The molecule has 8 atom stereocenters. The summed E-state index contributed by atoms with van der Waals surface area (Å²) in [4.78, 5) is 11.4. The molecule has 40 heavy (non-hydrogen) atoms. The standard InChI is InChI=1S/C32H51ClO7/c1-23(16-17-24(2)33)28(39-31-14-8-10-20-37-31)19-18-26-25(12-6-4-5-7-13-30(35)36-3)27(34)22-29(26)40-32-15-9-11-21-38-32/h4,6,17-19,23,25-29,31-32,34H,5,7-16,20-22H2,1-3H3/b6-4-,19-18+,24-17-/t23?,25-,26-,27+,28-,29-,31?,32?/m1/s1. The number of hydrogen-bond acceptors (Lipinski definition) is 7. The summed E-state index contributed by atoms with van der Waals surface area (Å²) in [6, 6.07) is 0. The number of ether oxygens (including phenoxy) is 5.